The molecule has 126 valence electrons. The minimum absolute atomic E-state index is 0.0934. The molecule has 0 aliphatic carbocycles. The Hall–Kier alpha value is -2.21. The fourth-order valence-electron chi connectivity index (χ4n) is 4.22. The summed E-state index contributed by atoms with van der Waals surface area (Å²) >= 11 is 0. The van der Waals surface area contributed by atoms with E-state index in [0.29, 0.717) is 6.42 Å². The van der Waals surface area contributed by atoms with E-state index in [0.717, 1.165) is 32.5 Å². The third kappa shape index (κ3) is 2.82. The molecule has 0 aromatic carbocycles. The largest absolute Gasteiger partial charge is 0.350 e. The molecule has 6 heteroatoms. The number of nitrogens with zero attached hydrogens (tertiary/aromatic N) is 4. The highest BCUT2D eigenvalue weighted by molar-refractivity contribution is 5.81. The highest BCUT2D eigenvalue weighted by atomic mass is 16.2. The molecule has 1 N–H and O–H groups in total. The summed E-state index contributed by atoms with van der Waals surface area (Å²) in [5.74, 6) is 0.436. The Morgan fingerprint density at radius 2 is 2.04 bits per heavy atom. The minimum atomic E-state index is -0.0934. The molecule has 2 saturated heterocycles. The SMILES string of the molecule is Cn1cc(CN2CCC3(CC2)NC(=O)CC3c2ccncc2)cn1. The molecule has 1 spiro atoms. The molecule has 2 fully saturated rings. The molecule has 2 aliphatic rings. The summed E-state index contributed by atoms with van der Waals surface area (Å²) in [6.45, 7) is 2.92. The van der Waals surface area contributed by atoms with Crippen LogP contribution in [0.15, 0.2) is 36.9 Å². The summed E-state index contributed by atoms with van der Waals surface area (Å²) in [5.41, 5.74) is 2.38. The van der Waals surface area contributed by atoms with Crippen molar-refractivity contribution in [1.82, 2.24) is 25.0 Å². The van der Waals surface area contributed by atoms with Gasteiger partial charge in [-0.3, -0.25) is 19.4 Å². The van der Waals surface area contributed by atoms with Gasteiger partial charge in [-0.25, -0.2) is 0 Å². The molecule has 24 heavy (non-hydrogen) atoms. The van der Waals surface area contributed by atoms with Gasteiger partial charge in [-0.2, -0.15) is 5.10 Å². The van der Waals surface area contributed by atoms with E-state index in [2.05, 4.69) is 38.6 Å². The molecule has 1 atom stereocenters. The van der Waals surface area contributed by atoms with E-state index < -0.39 is 0 Å². The van der Waals surface area contributed by atoms with Crippen molar-refractivity contribution in [3.05, 3.63) is 48.0 Å². The predicted octanol–water partition coefficient (Wildman–Crippen LogP) is 1.45. The van der Waals surface area contributed by atoms with E-state index in [4.69, 9.17) is 0 Å². The molecule has 1 unspecified atom stereocenters. The summed E-state index contributed by atoms with van der Waals surface area (Å²) in [5, 5.41) is 7.55. The predicted molar refractivity (Wildman–Crippen MR) is 90.2 cm³/mol. The van der Waals surface area contributed by atoms with Gasteiger partial charge < -0.3 is 5.32 Å². The highest BCUT2D eigenvalue weighted by Gasteiger charge is 2.48. The van der Waals surface area contributed by atoms with Crippen LogP contribution in [0.25, 0.3) is 0 Å². The third-order valence-electron chi connectivity index (χ3n) is 5.47. The van der Waals surface area contributed by atoms with Crippen LogP contribution >= 0.6 is 0 Å². The molecule has 1 amide bonds. The third-order valence-corrected chi connectivity index (χ3v) is 5.47. The standard InChI is InChI=1S/C18H23N5O/c1-22-12-14(11-20-22)13-23-8-4-18(5-9-23)16(10-17(24)21-18)15-2-6-19-7-3-15/h2-3,6-7,11-12,16H,4-5,8-10,13H2,1H3,(H,21,24). The van der Waals surface area contributed by atoms with Crippen LogP contribution in [0.3, 0.4) is 0 Å². The average molecular weight is 325 g/mol. The first-order chi connectivity index (χ1) is 11.6. The van der Waals surface area contributed by atoms with E-state index in [1.54, 1.807) is 0 Å². The smallest absolute Gasteiger partial charge is 0.221 e. The van der Waals surface area contributed by atoms with Gasteiger partial charge in [0.05, 0.1) is 6.20 Å². The van der Waals surface area contributed by atoms with Gasteiger partial charge in [0, 0.05) is 68.7 Å². The first kappa shape index (κ1) is 15.3. The number of rotatable bonds is 3. The van der Waals surface area contributed by atoms with Crippen LogP contribution in [0.5, 0.6) is 0 Å². The zero-order valence-corrected chi connectivity index (χ0v) is 14.0. The second-order valence-corrected chi connectivity index (χ2v) is 7.04. The number of likely N-dealkylation sites (tertiary alicyclic amines) is 1. The number of pyridine rings is 1. The Bertz CT molecular complexity index is 718. The quantitative estimate of drug-likeness (QED) is 0.928. The normalized spacial score (nSPS) is 23.5. The molecule has 2 aromatic rings. The zero-order chi connectivity index (χ0) is 16.6. The van der Waals surface area contributed by atoms with Crippen LogP contribution in [-0.4, -0.2) is 44.2 Å². The summed E-state index contributed by atoms with van der Waals surface area (Å²) in [6.07, 6.45) is 10.2. The second-order valence-electron chi connectivity index (χ2n) is 7.04. The molecular weight excluding hydrogens is 302 g/mol. The molecule has 4 rings (SSSR count). The van der Waals surface area contributed by atoms with Gasteiger partial charge in [-0.15, -0.1) is 0 Å². The van der Waals surface area contributed by atoms with Crippen LogP contribution < -0.4 is 5.32 Å². The van der Waals surface area contributed by atoms with E-state index >= 15 is 0 Å². The van der Waals surface area contributed by atoms with Gasteiger partial charge in [0.1, 0.15) is 0 Å². The minimum Gasteiger partial charge on any atom is -0.350 e. The first-order valence-electron chi connectivity index (χ1n) is 8.55. The van der Waals surface area contributed by atoms with Crippen LogP contribution in [0.1, 0.15) is 36.3 Å². The van der Waals surface area contributed by atoms with Gasteiger partial charge in [0.2, 0.25) is 5.91 Å². The van der Waals surface area contributed by atoms with Crippen LogP contribution in [0, 0.1) is 0 Å². The molecule has 4 heterocycles. The van der Waals surface area contributed by atoms with Gasteiger partial charge >= 0.3 is 0 Å². The van der Waals surface area contributed by atoms with Crippen molar-refractivity contribution in [3.63, 3.8) is 0 Å². The number of aromatic nitrogens is 3. The monoisotopic (exact) mass is 325 g/mol. The van der Waals surface area contributed by atoms with E-state index in [1.807, 2.05) is 30.3 Å². The summed E-state index contributed by atoms with van der Waals surface area (Å²) in [4.78, 5) is 18.7. The van der Waals surface area contributed by atoms with Crippen LogP contribution in [0.4, 0.5) is 0 Å². The molecule has 2 aromatic heterocycles. The summed E-state index contributed by atoms with van der Waals surface area (Å²) in [7, 11) is 1.95. The second kappa shape index (κ2) is 6.02. The van der Waals surface area contributed by atoms with Crippen molar-refractivity contribution in [1.29, 1.82) is 0 Å². The van der Waals surface area contributed by atoms with Crippen molar-refractivity contribution in [2.45, 2.75) is 37.3 Å². The topological polar surface area (TPSA) is 63.0 Å². The van der Waals surface area contributed by atoms with Crippen molar-refractivity contribution >= 4 is 5.91 Å². The molecular formula is C18H23N5O. The van der Waals surface area contributed by atoms with Gasteiger partial charge in [-0.05, 0) is 30.5 Å². The van der Waals surface area contributed by atoms with E-state index in [-0.39, 0.29) is 17.4 Å². The van der Waals surface area contributed by atoms with Crippen molar-refractivity contribution < 1.29 is 4.79 Å². The Morgan fingerprint density at radius 1 is 1.29 bits per heavy atom. The number of amides is 1. The fraction of sp³-hybridized carbons (Fsp3) is 0.500. The maximum Gasteiger partial charge on any atom is 0.221 e. The van der Waals surface area contributed by atoms with E-state index in [9.17, 15) is 4.79 Å². The number of nitrogens with one attached hydrogen (secondary N) is 1. The average Bonchev–Trinajstić information content (AvgIpc) is 3.14. The zero-order valence-electron chi connectivity index (χ0n) is 14.0. The lowest BCUT2D eigenvalue weighted by molar-refractivity contribution is -0.120. The number of aryl methyl sites for hydroxylation is 1. The van der Waals surface area contributed by atoms with E-state index in [1.165, 1.54) is 11.1 Å². The number of hydrogen-bond acceptors (Lipinski definition) is 4. The Morgan fingerprint density at radius 3 is 2.71 bits per heavy atom. The Kier molecular flexibility index (Phi) is 3.84. The number of carbonyl (C=O) groups is 1. The number of piperidine rings is 1. The summed E-state index contributed by atoms with van der Waals surface area (Å²) in [6, 6.07) is 4.10. The molecule has 6 nitrogen and oxygen atoms in total. The lowest BCUT2D eigenvalue weighted by Crippen LogP contribution is -2.53. The molecule has 0 bridgehead atoms. The fourth-order valence-corrected chi connectivity index (χ4v) is 4.22. The van der Waals surface area contributed by atoms with Crippen molar-refractivity contribution in [2.24, 2.45) is 7.05 Å². The first-order valence-corrected chi connectivity index (χ1v) is 8.55. The molecule has 2 aliphatic heterocycles. The van der Waals surface area contributed by atoms with Crippen molar-refractivity contribution in [3.8, 4) is 0 Å². The van der Waals surface area contributed by atoms with Crippen LogP contribution in [0.2, 0.25) is 0 Å². The Labute approximate surface area is 141 Å². The lowest BCUT2D eigenvalue weighted by atomic mass is 9.74. The number of hydrogen-bond donors (Lipinski definition) is 1. The lowest BCUT2D eigenvalue weighted by Gasteiger charge is -2.43. The van der Waals surface area contributed by atoms with Gasteiger partial charge in [0.25, 0.3) is 0 Å². The molecule has 0 saturated carbocycles. The number of carbonyl (C=O) groups excluding carboxylic acids is 1. The van der Waals surface area contributed by atoms with Gasteiger partial charge in [0.15, 0.2) is 0 Å². The molecule has 0 radical (unpaired) electrons. The van der Waals surface area contributed by atoms with Crippen LogP contribution in [-0.2, 0) is 18.4 Å². The highest BCUT2D eigenvalue weighted by Crippen LogP contribution is 2.43. The Balaban J connectivity index is 1.47. The van der Waals surface area contributed by atoms with Gasteiger partial charge in [-0.1, -0.05) is 0 Å². The van der Waals surface area contributed by atoms with Crippen molar-refractivity contribution in [2.75, 3.05) is 13.1 Å². The maximum absolute atomic E-state index is 12.1. The summed E-state index contributed by atoms with van der Waals surface area (Å²) < 4.78 is 1.84. The maximum atomic E-state index is 12.1.